The van der Waals surface area contributed by atoms with Crippen molar-refractivity contribution in [1.82, 2.24) is 4.57 Å². The smallest absolute Gasteiger partial charge is 0.0696 e. The van der Waals surface area contributed by atoms with Gasteiger partial charge in [0.1, 0.15) is 0 Å². The maximum absolute atomic E-state index is 8.94. The van der Waals surface area contributed by atoms with Crippen LogP contribution in [-0.2, 0) is 13.2 Å². The SMILES string of the molecule is OCc1ccn(CCSc2ccccc2)c1. The Labute approximate surface area is 99.9 Å². The summed E-state index contributed by atoms with van der Waals surface area (Å²) in [6.45, 7) is 1.10. The molecule has 0 amide bonds. The van der Waals surface area contributed by atoms with Crippen molar-refractivity contribution in [3.63, 3.8) is 0 Å². The number of thioether (sulfide) groups is 1. The summed E-state index contributed by atoms with van der Waals surface area (Å²) in [5.41, 5.74) is 0.977. The molecule has 2 aromatic rings. The molecule has 3 heteroatoms. The molecule has 0 aliphatic carbocycles. The van der Waals surface area contributed by atoms with Gasteiger partial charge in [-0.05, 0) is 23.8 Å². The molecule has 1 aromatic heterocycles. The van der Waals surface area contributed by atoms with E-state index in [1.165, 1.54) is 4.90 Å². The van der Waals surface area contributed by atoms with E-state index in [2.05, 4.69) is 28.8 Å². The predicted molar refractivity (Wildman–Crippen MR) is 67.5 cm³/mol. The van der Waals surface area contributed by atoms with Gasteiger partial charge in [0, 0.05) is 29.6 Å². The second-order valence-corrected chi connectivity index (χ2v) is 4.75. The first-order chi connectivity index (χ1) is 7.88. The largest absolute Gasteiger partial charge is 0.392 e. The van der Waals surface area contributed by atoms with E-state index in [9.17, 15) is 0 Å². The van der Waals surface area contributed by atoms with Crippen molar-refractivity contribution >= 4 is 11.8 Å². The summed E-state index contributed by atoms with van der Waals surface area (Å²) in [6.07, 6.45) is 4.00. The average molecular weight is 233 g/mol. The van der Waals surface area contributed by atoms with E-state index >= 15 is 0 Å². The van der Waals surface area contributed by atoms with Crippen molar-refractivity contribution in [2.45, 2.75) is 18.0 Å². The van der Waals surface area contributed by atoms with Crippen LogP contribution in [0.4, 0.5) is 0 Å². The molecule has 0 saturated carbocycles. The zero-order chi connectivity index (χ0) is 11.2. The number of nitrogens with zero attached hydrogens (tertiary/aromatic N) is 1. The zero-order valence-corrected chi connectivity index (χ0v) is 9.86. The third kappa shape index (κ3) is 3.15. The van der Waals surface area contributed by atoms with Crippen LogP contribution < -0.4 is 0 Å². The number of hydrogen-bond donors (Lipinski definition) is 1. The minimum Gasteiger partial charge on any atom is -0.392 e. The highest BCUT2D eigenvalue weighted by Crippen LogP contribution is 2.17. The normalized spacial score (nSPS) is 10.6. The van der Waals surface area contributed by atoms with Crippen LogP contribution in [0.15, 0.2) is 53.7 Å². The molecule has 0 fully saturated rings. The van der Waals surface area contributed by atoms with Gasteiger partial charge in [0.05, 0.1) is 6.61 Å². The summed E-state index contributed by atoms with van der Waals surface area (Å²) >= 11 is 1.85. The Morgan fingerprint density at radius 3 is 2.62 bits per heavy atom. The maximum atomic E-state index is 8.94. The van der Waals surface area contributed by atoms with Crippen molar-refractivity contribution in [2.75, 3.05) is 5.75 Å². The van der Waals surface area contributed by atoms with Crippen molar-refractivity contribution < 1.29 is 5.11 Å². The number of aliphatic hydroxyl groups excluding tert-OH is 1. The number of hydrogen-bond acceptors (Lipinski definition) is 2. The minimum absolute atomic E-state index is 0.124. The zero-order valence-electron chi connectivity index (χ0n) is 9.04. The summed E-state index contributed by atoms with van der Waals surface area (Å²) in [7, 11) is 0. The fraction of sp³-hybridized carbons (Fsp3) is 0.231. The summed E-state index contributed by atoms with van der Waals surface area (Å²) in [5.74, 6) is 1.05. The highest BCUT2D eigenvalue weighted by molar-refractivity contribution is 7.99. The highest BCUT2D eigenvalue weighted by atomic mass is 32.2. The van der Waals surface area contributed by atoms with Crippen LogP contribution in [0.3, 0.4) is 0 Å². The lowest BCUT2D eigenvalue weighted by Crippen LogP contribution is -1.96. The third-order valence-corrected chi connectivity index (χ3v) is 3.35. The molecular formula is C13H15NOS. The fourth-order valence-electron chi connectivity index (χ4n) is 1.51. The van der Waals surface area contributed by atoms with Crippen molar-refractivity contribution in [3.8, 4) is 0 Å². The van der Waals surface area contributed by atoms with Crippen LogP contribution in [0, 0.1) is 0 Å². The summed E-state index contributed by atoms with van der Waals surface area (Å²) in [4.78, 5) is 1.30. The third-order valence-electron chi connectivity index (χ3n) is 2.36. The van der Waals surface area contributed by atoms with Gasteiger partial charge >= 0.3 is 0 Å². The minimum atomic E-state index is 0.124. The number of aromatic nitrogens is 1. The van der Waals surface area contributed by atoms with E-state index in [-0.39, 0.29) is 6.61 Å². The number of aliphatic hydroxyl groups is 1. The summed E-state index contributed by atoms with van der Waals surface area (Å²) in [6, 6.07) is 12.3. The number of rotatable bonds is 5. The molecule has 0 aliphatic heterocycles. The van der Waals surface area contributed by atoms with E-state index in [1.807, 2.05) is 36.3 Å². The van der Waals surface area contributed by atoms with Gasteiger partial charge in [0.2, 0.25) is 0 Å². The molecule has 0 radical (unpaired) electrons. The molecular weight excluding hydrogens is 218 g/mol. The van der Waals surface area contributed by atoms with E-state index in [0.717, 1.165) is 17.9 Å². The molecule has 0 saturated heterocycles. The number of aryl methyl sites for hydroxylation is 1. The first-order valence-electron chi connectivity index (χ1n) is 5.32. The van der Waals surface area contributed by atoms with Crippen molar-refractivity contribution in [2.24, 2.45) is 0 Å². The first kappa shape index (κ1) is 11.3. The molecule has 1 heterocycles. The van der Waals surface area contributed by atoms with Crippen LogP contribution in [0.2, 0.25) is 0 Å². The van der Waals surface area contributed by atoms with Crippen LogP contribution in [0.5, 0.6) is 0 Å². The standard InChI is InChI=1S/C13H15NOS/c15-11-12-6-7-14(10-12)8-9-16-13-4-2-1-3-5-13/h1-7,10,15H,8-9,11H2. The van der Waals surface area contributed by atoms with Gasteiger partial charge in [-0.3, -0.25) is 0 Å². The Hall–Kier alpha value is -1.19. The molecule has 2 rings (SSSR count). The molecule has 0 unspecified atom stereocenters. The summed E-state index contributed by atoms with van der Waals surface area (Å²) in [5, 5.41) is 8.94. The Bertz CT molecular complexity index is 425. The topological polar surface area (TPSA) is 25.2 Å². The molecule has 84 valence electrons. The van der Waals surface area contributed by atoms with E-state index in [1.54, 1.807) is 0 Å². The average Bonchev–Trinajstić information content (AvgIpc) is 2.78. The molecule has 0 bridgehead atoms. The number of benzene rings is 1. The quantitative estimate of drug-likeness (QED) is 0.803. The molecule has 1 N–H and O–H groups in total. The molecule has 2 nitrogen and oxygen atoms in total. The van der Waals surface area contributed by atoms with Gasteiger partial charge in [-0.25, -0.2) is 0 Å². The van der Waals surface area contributed by atoms with Crippen LogP contribution in [0.1, 0.15) is 5.56 Å². The molecule has 1 aromatic carbocycles. The summed E-state index contributed by atoms with van der Waals surface area (Å²) < 4.78 is 2.11. The van der Waals surface area contributed by atoms with Crippen molar-refractivity contribution in [1.29, 1.82) is 0 Å². The Balaban J connectivity index is 1.80. The Morgan fingerprint density at radius 2 is 1.94 bits per heavy atom. The van der Waals surface area contributed by atoms with Crippen LogP contribution in [0.25, 0.3) is 0 Å². The van der Waals surface area contributed by atoms with Gasteiger partial charge in [0.15, 0.2) is 0 Å². The Kier molecular flexibility index (Phi) is 4.08. The van der Waals surface area contributed by atoms with E-state index < -0.39 is 0 Å². The second kappa shape index (κ2) is 5.77. The molecule has 0 aliphatic rings. The maximum Gasteiger partial charge on any atom is 0.0696 e. The van der Waals surface area contributed by atoms with Gasteiger partial charge in [-0.2, -0.15) is 0 Å². The highest BCUT2D eigenvalue weighted by Gasteiger charge is 1.96. The lowest BCUT2D eigenvalue weighted by Gasteiger charge is -2.02. The monoisotopic (exact) mass is 233 g/mol. The Morgan fingerprint density at radius 1 is 1.12 bits per heavy atom. The lowest BCUT2D eigenvalue weighted by atomic mass is 10.4. The van der Waals surface area contributed by atoms with Crippen LogP contribution in [-0.4, -0.2) is 15.4 Å². The molecule has 0 spiro atoms. The van der Waals surface area contributed by atoms with Crippen molar-refractivity contribution in [3.05, 3.63) is 54.4 Å². The van der Waals surface area contributed by atoms with Gasteiger partial charge < -0.3 is 9.67 Å². The predicted octanol–water partition coefficient (Wildman–Crippen LogP) is 2.77. The van der Waals surface area contributed by atoms with E-state index in [0.29, 0.717) is 0 Å². The van der Waals surface area contributed by atoms with Gasteiger partial charge in [0.25, 0.3) is 0 Å². The molecule has 0 atom stereocenters. The fourth-order valence-corrected chi connectivity index (χ4v) is 2.40. The molecule has 16 heavy (non-hydrogen) atoms. The lowest BCUT2D eigenvalue weighted by molar-refractivity contribution is 0.281. The second-order valence-electron chi connectivity index (χ2n) is 3.58. The van der Waals surface area contributed by atoms with Gasteiger partial charge in [-0.15, -0.1) is 11.8 Å². The first-order valence-corrected chi connectivity index (χ1v) is 6.30. The van der Waals surface area contributed by atoms with E-state index in [4.69, 9.17) is 5.11 Å². The van der Waals surface area contributed by atoms with Crippen LogP contribution >= 0.6 is 11.8 Å². The van der Waals surface area contributed by atoms with Gasteiger partial charge in [-0.1, -0.05) is 18.2 Å².